The van der Waals surface area contributed by atoms with Gasteiger partial charge in [-0.2, -0.15) is 0 Å². The molecule has 3 atom stereocenters. The smallest absolute Gasteiger partial charge is 0.404 e. The van der Waals surface area contributed by atoms with Crippen LogP contribution in [0.4, 0.5) is 4.79 Å². The highest BCUT2D eigenvalue weighted by Crippen LogP contribution is 2.21. The zero-order chi connectivity index (χ0) is 26.7. The van der Waals surface area contributed by atoms with Gasteiger partial charge in [-0.25, -0.2) is 4.79 Å². The monoisotopic (exact) mass is 514 g/mol. The van der Waals surface area contributed by atoms with Gasteiger partial charge in [-0.1, -0.05) is 97.3 Å². The van der Waals surface area contributed by atoms with Crippen LogP contribution in [0.1, 0.15) is 129 Å². The number of unbranched alkanes of at least 4 members (excludes halogenated alkanes) is 11. The molecule has 0 aromatic rings. The third-order valence-electron chi connectivity index (χ3n) is 7.19. The highest BCUT2D eigenvalue weighted by Gasteiger charge is 2.50. The summed E-state index contributed by atoms with van der Waals surface area (Å²) < 4.78 is 5.10. The number of hydrogen-bond donors (Lipinski definition) is 4. The Morgan fingerprint density at radius 2 is 1.36 bits per heavy atom. The average molecular weight is 515 g/mol. The van der Waals surface area contributed by atoms with Crippen LogP contribution in [0, 0.1) is 0 Å². The maximum atomic E-state index is 12.9. The van der Waals surface area contributed by atoms with E-state index in [1.165, 1.54) is 69.1 Å². The van der Waals surface area contributed by atoms with Crippen LogP contribution in [-0.2, 0) is 9.53 Å². The van der Waals surface area contributed by atoms with Crippen LogP contribution in [-0.4, -0.2) is 69.8 Å². The number of aliphatic hydroxyl groups is 3. The summed E-state index contributed by atoms with van der Waals surface area (Å²) in [7, 11) is 0. The number of carbonyl (C=O) groups is 2. The largest absolute Gasteiger partial charge is 0.410 e. The maximum absolute atomic E-state index is 12.9. The SMILES string of the molecule is CCCCCCCCCCCCCCC(CCC)NC(=O)OC(O)(C(=O)N1CCCCC1)C(O)CO. The van der Waals surface area contributed by atoms with Crippen molar-refractivity contribution < 1.29 is 29.6 Å². The highest BCUT2D eigenvalue weighted by molar-refractivity contribution is 5.86. The Hall–Kier alpha value is -1.38. The molecule has 1 aliphatic heterocycles. The molecule has 0 bridgehead atoms. The number of rotatable bonds is 20. The van der Waals surface area contributed by atoms with Crippen molar-refractivity contribution in [3.05, 3.63) is 0 Å². The molecule has 2 amide bonds. The van der Waals surface area contributed by atoms with E-state index in [-0.39, 0.29) is 6.04 Å². The van der Waals surface area contributed by atoms with Crippen LogP contribution in [0.3, 0.4) is 0 Å². The number of nitrogens with zero attached hydrogens (tertiary/aromatic N) is 1. The Morgan fingerprint density at radius 3 is 1.86 bits per heavy atom. The van der Waals surface area contributed by atoms with Gasteiger partial charge in [0.15, 0.2) is 6.10 Å². The summed E-state index contributed by atoms with van der Waals surface area (Å²) in [4.78, 5) is 26.9. The summed E-state index contributed by atoms with van der Waals surface area (Å²) in [6.45, 7) is 4.22. The molecule has 1 saturated heterocycles. The minimum Gasteiger partial charge on any atom is -0.404 e. The second-order valence-corrected chi connectivity index (χ2v) is 10.4. The summed E-state index contributed by atoms with van der Waals surface area (Å²) in [6, 6.07) is -0.133. The molecule has 1 aliphatic rings. The Bertz CT molecular complexity index is 584. The molecule has 212 valence electrons. The van der Waals surface area contributed by atoms with E-state index in [1.54, 1.807) is 0 Å². The van der Waals surface area contributed by atoms with Gasteiger partial charge in [0.2, 0.25) is 0 Å². The third kappa shape index (κ3) is 12.7. The lowest BCUT2D eigenvalue weighted by atomic mass is 10.0. The van der Waals surface area contributed by atoms with Crippen LogP contribution < -0.4 is 5.32 Å². The van der Waals surface area contributed by atoms with Crippen molar-refractivity contribution in [2.75, 3.05) is 19.7 Å². The number of carbonyl (C=O) groups excluding carboxylic acids is 2. The first-order valence-electron chi connectivity index (χ1n) is 14.7. The van der Waals surface area contributed by atoms with Crippen LogP contribution in [0.15, 0.2) is 0 Å². The quantitative estimate of drug-likeness (QED) is 0.134. The fourth-order valence-corrected chi connectivity index (χ4v) is 4.91. The van der Waals surface area contributed by atoms with E-state index in [2.05, 4.69) is 12.2 Å². The Balaban J connectivity index is 2.38. The van der Waals surface area contributed by atoms with Gasteiger partial charge in [0, 0.05) is 19.1 Å². The molecule has 0 spiro atoms. The zero-order valence-electron chi connectivity index (χ0n) is 23.0. The molecule has 36 heavy (non-hydrogen) atoms. The number of piperidine rings is 1. The molecule has 0 aromatic carbocycles. The van der Waals surface area contributed by atoms with Gasteiger partial charge in [-0.05, 0) is 32.1 Å². The van der Waals surface area contributed by atoms with Crippen LogP contribution in [0.5, 0.6) is 0 Å². The number of amides is 2. The van der Waals surface area contributed by atoms with Gasteiger partial charge in [-0.15, -0.1) is 0 Å². The highest BCUT2D eigenvalue weighted by atomic mass is 16.7. The van der Waals surface area contributed by atoms with Crippen molar-refractivity contribution in [1.29, 1.82) is 0 Å². The number of aliphatic hydroxyl groups excluding tert-OH is 2. The lowest BCUT2D eigenvalue weighted by Gasteiger charge is -2.36. The number of ether oxygens (including phenoxy) is 1. The lowest BCUT2D eigenvalue weighted by Crippen LogP contribution is -2.61. The molecule has 8 heteroatoms. The average Bonchev–Trinajstić information content (AvgIpc) is 2.88. The van der Waals surface area contributed by atoms with Gasteiger partial charge in [-0.3, -0.25) is 4.79 Å². The topological polar surface area (TPSA) is 119 Å². The Kier molecular flexibility index (Phi) is 17.9. The molecule has 0 saturated carbocycles. The van der Waals surface area contributed by atoms with Gasteiger partial charge in [0.05, 0.1) is 6.61 Å². The van der Waals surface area contributed by atoms with Crippen molar-refractivity contribution in [2.45, 2.75) is 147 Å². The van der Waals surface area contributed by atoms with E-state index in [1.807, 2.05) is 6.92 Å². The van der Waals surface area contributed by atoms with Gasteiger partial charge < -0.3 is 30.3 Å². The predicted octanol–water partition coefficient (Wildman–Crippen LogP) is 5.03. The number of nitrogens with one attached hydrogen (secondary N) is 1. The molecule has 8 nitrogen and oxygen atoms in total. The van der Waals surface area contributed by atoms with Crippen molar-refractivity contribution in [3.8, 4) is 0 Å². The minimum atomic E-state index is -2.80. The molecular formula is C28H54N2O6. The fourth-order valence-electron chi connectivity index (χ4n) is 4.91. The predicted molar refractivity (Wildman–Crippen MR) is 142 cm³/mol. The van der Waals surface area contributed by atoms with Crippen molar-refractivity contribution in [2.24, 2.45) is 0 Å². The van der Waals surface area contributed by atoms with Gasteiger partial charge in [0.25, 0.3) is 5.91 Å². The summed E-state index contributed by atoms with van der Waals surface area (Å²) >= 11 is 0. The van der Waals surface area contributed by atoms with Crippen LogP contribution in [0.2, 0.25) is 0 Å². The Labute approximate surface area is 219 Å². The summed E-state index contributed by atoms with van der Waals surface area (Å²) in [5.41, 5.74) is 0. The van der Waals surface area contributed by atoms with E-state index in [0.717, 1.165) is 51.4 Å². The molecule has 0 aromatic heterocycles. The van der Waals surface area contributed by atoms with E-state index >= 15 is 0 Å². The van der Waals surface area contributed by atoms with Gasteiger partial charge in [0.1, 0.15) is 0 Å². The summed E-state index contributed by atoms with van der Waals surface area (Å²) in [6.07, 6.45) is 17.3. The first kappa shape index (κ1) is 32.6. The standard InChI is InChI=1S/C28H54N2O6/c1-3-5-6-7-8-9-10-11-12-13-14-16-20-24(19-4-2)29-27(34)36-28(35,25(32)23-31)26(33)30-21-17-15-18-22-30/h24-25,31-32,35H,3-23H2,1-2H3,(H,29,34). The Morgan fingerprint density at radius 1 is 0.833 bits per heavy atom. The zero-order valence-corrected chi connectivity index (χ0v) is 23.0. The summed E-state index contributed by atoms with van der Waals surface area (Å²) in [5, 5.41) is 33.1. The molecule has 1 rings (SSSR count). The first-order valence-corrected chi connectivity index (χ1v) is 14.7. The molecule has 3 unspecified atom stereocenters. The van der Waals surface area contributed by atoms with Gasteiger partial charge >= 0.3 is 11.9 Å². The van der Waals surface area contributed by atoms with E-state index in [9.17, 15) is 24.9 Å². The number of alkyl carbamates (subject to hydrolysis) is 1. The van der Waals surface area contributed by atoms with Crippen molar-refractivity contribution in [3.63, 3.8) is 0 Å². The minimum absolute atomic E-state index is 0.133. The van der Waals surface area contributed by atoms with Crippen LogP contribution >= 0.6 is 0 Å². The van der Waals surface area contributed by atoms with E-state index in [4.69, 9.17) is 4.74 Å². The van der Waals surface area contributed by atoms with Crippen molar-refractivity contribution in [1.82, 2.24) is 10.2 Å². The molecule has 0 radical (unpaired) electrons. The van der Waals surface area contributed by atoms with E-state index < -0.39 is 30.5 Å². The maximum Gasteiger partial charge on any atom is 0.410 e. The normalized spacial score (nSPS) is 17.3. The molecule has 0 aliphatic carbocycles. The number of likely N-dealkylation sites (tertiary alicyclic amines) is 1. The molecule has 4 N–H and O–H groups in total. The second-order valence-electron chi connectivity index (χ2n) is 10.4. The summed E-state index contributed by atoms with van der Waals surface area (Å²) in [5.74, 6) is -3.69. The molecule has 1 heterocycles. The third-order valence-corrected chi connectivity index (χ3v) is 7.19. The van der Waals surface area contributed by atoms with Crippen molar-refractivity contribution >= 4 is 12.0 Å². The number of hydrogen-bond acceptors (Lipinski definition) is 6. The first-order chi connectivity index (χ1) is 17.4. The molecule has 1 fully saturated rings. The lowest BCUT2D eigenvalue weighted by molar-refractivity contribution is -0.234. The van der Waals surface area contributed by atoms with Crippen LogP contribution in [0.25, 0.3) is 0 Å². The fraction of sp³-hybridized carbons (Fsp3) is 0.929. The second kappa shape index (κ2) is 19.7. The van der Waals surface area contributed by atoms with E-state index in [0.29, 0.717) is 13.1 Å². The molecular weight excluding hydrogens is 460 g/mol.